The molecule has 2 rings (SSSR count). The molecule has 0 bridgehead atoms. The van der Waals surface area contributed by atoms with E-state index in [1.807, 2.05) is 30.3 Å². The molecule has 0 unspecified atom stereocenters. The summed E-state index contributed by atoms with van der Waals surface area (Å²) in [5.74, 6) is -0.0376. The van der Waals surface area contributed by atoms with E-state index in [0.717, 1.165) is 11.1 Å². The van der Waals surface area contributed by atoms with Gasteiger partial charge in [0.25, 0.3) is 0 Å². The summed E-state index contributed by atoms with van der Waals surface area (Å²) in [4.78, 5) is 20.5. The van der Waals surface area contributed by atoms with E-state index in [4.69, 9.17) is 5.73 Å². The lowest BCUT2D eigenvalue weighted by atomic mass is 10.1. The Morgan fingerprint density at radius 1 is 1.11 bits per heavy atom. The number of nitrogens with two attached hydrogens (primary N) is 1. The Balaban J connectivity index is 0.000000203. The molecule has 0 saturated heterocycles. The second-order valence-corrected chi connectivity index (χ2v) is 4.46. The van der Waals surface area contributed by atoms with Gasteiger partial charge in [0.2, 0.25) is 0 Å². The summed E-state index contributed by atoms with van der Waals surface area (Å²) in [7, 11) is 0. The molecule has 2 N–H and O–H groups in total. The van der Waals surface area contributed by atoms with Gasteiger partial charge in [-0.25, -0.2) is 0 Å². The molecule has 0 aromatic heterocycles. The van der Waals surface area contributed by atoms with Gasteiger partial charge in [-0.15, -0.1) is 0 Å². The standard InChI is InChI=1S/C10H9N.C5H8O2S/c11-10-7-3-5-8-4-1-2-6-9(8)10;1-4(6)2-5(7)3-8/h1-7H,11H2;8H,2-3H2,1H3. The zero-order valence-corrected chi connectivity index (χ0v) is 11.7. The number of rotatable bonds is 3. The molecule has 0 atom stereocenters. The molecule has 0 heterocycles. The highest BCUT2D eigenvalue weighted by atomic mass is 32.1. The molecule has 4 heteroatoms. The second-order valence-electron chi connectivity index (χ2n) is 4.14. The largest absolute Gasteiger partial charge is 0.398 e. The van der Waals surface area contributed by atoms with Crippen molar-refractivity contribution < 1.29 is 9.59 Å². The molecule has 0 aliphatic carbocycles. The predicted molar refractivity (Wildman–Crippen MR) is 82.5 cm³/mol. The van der Waals surface area contributed by atoms with Gasteiger partial charge < -0.3 is 5.73 Å². The molecule has 19 heavy (non-hydrogen) atoms. The van der Waals surface area contributed by atoms with Crippen LogP contribution in [-0.4, -0.2) is 17.3 Å². The first kappa shape index (κ1) is 15.2. The van der Waals surface area contributed by atoms with E-state index in [-0.39, 0.29) is 23.7 Å². The fraction of sp³-hybridized carbons (Fsp3) is 0.200. The first-order valence-corrected chi connectivity index (χ1v) is 6.53. The summed E-state index contributed by atoms with van der Waals surface area (Å²) in [5, 5.41) is 2.34. The normalized spacial score (nSPS) is 9.58. The Morgan fingerprint density at radius 3 is 2.26 bits per heavy atom. The topological polar surface area (TPSA) is 60.2 Å². The third-order valence-electron chi connectivity index (χ3n) is 2.45. The summed E-state index contributed by atoms with van der Waals surface area (Å²) in [6.07, 6.45) is 0.0312. The number of ketones is 2. The number of fused-ring (bicyclic) bond motifs is 1. The number of thiol groups is 1. The number of nitrogen functional groups attached to an aromatic ring is 1. The van der Waals surface area contributed by atoms with Crippen LogP contribution in [0.25, 0.3) is 10.8 Å². The summed E-state index contributed by atoms with van der Waals surface area (Å²) in [5.41, 5.74) is 6.61. The molecule has 100 valence electrons. The van der Waals surface area contributed by atoms with Crippen molar-refractivity contribution in [1.29, 1.82) is 0 Å². The third kappa shape index (κ3) is 5.14. The summed E-state index contributed by atoms with van der Waals surface area (Å²) < 4.78 is 0. The van der Waals surface area contributed by atoms with Crippen LogP contribution in [0.4, 0.5) is 5.69 Å². The highest BCUT2D eigenvalue weighted by Crippen LogP contribution is 2.19. The van der Waals surface area contributed by atoms with Gasteiger partial charge in [-0.2, -0.15) is 12.6 Å². The second kappa shape index (κ2) is 7.59. The average molecular weight is 275 g/mol. The Kier molecular flexibility index (Phi) is 6.09. The number of Topliss-reactive ketones (excluding diaryl/α,β-unsaturated/α-hetero) is 2. The fourth-order valence-electron chi connectivity index (χ4n) is 1.58. The van der Waals surface area contributed by atoms with Gasteiger partial charge in [-0.05, 0) is 18.4 Å². The quantitative estimate of drug-likeness (QED) is 0.514. The number of carbonyl (C=O) groups is 2. The van der Waals surface area contributed by atoms with Crippen LogP contribution >= 0.6 is 12.6 Å². The number of benzene rings is 2. The van der Waals surface area contributed by atoms with Crippen molar-refractivity contribution in [2.45, 2.75) is 13.3 Å². The Labute approximate surface area is 118 Å². The minimum atomic E-state index is -0.110. The molecular formula is C15H17NO2S. The predicted octanol–water partition coefficient (Wildman–Crippen LogP) is 2.89. The van der Waals surface area contributed by atoms with E-state index in [9.17, 15) is 9.59 Å². The van der Waals surface area contributed by atoms with Crippen LogP contribution < -0.4 is 5.73 Å². The first-order chi connectivity index (χ1) is 9.04. The number of anilines is 1. The van der Waals surface area contributed by atoms with Crippen LogP contribution in [0.1, 0.15) is 13.3 Å². The van der Waals surface area contributed by atoms with Gasteiger partial charge in [0.15, 0.2) is 0 Å². The highest BCUT2D eigenvalue weighted by molar-refractivity contribution is 7.81. The van der Waals surface area contributed by atoms with Crippen LogP contribution in [0.2, 0.25) is 0 Å². The fourth-order valence-corrected chi connectivity index (χ4v) is 1.70. The minimum Gasteiger partial charge on any atom is -0.398 e. The molecule has 0 fully saturated rings. The lowest BCUT2D eigenvalue weighted by Crippen LogP contribution is -2.04. The molecule has 2 aromatic rings. The van der Waals surface area contributed by atoms with Gasteiger partial charge in [-0.3, -0.25) is 9.59 Å². The summed E-state index contributed by atoms with van der Waals surface area (Å²) >= 11 is 3.69. The lowest BCUT2D eigenvalue weighted by molar-refractivity contribution is -0.124. The van der Waals surface area contributed by atoms with Crippen LogP contribution in [0.3, 0.4) is 0 Å². The maximum absolute atomic E-state index is 10.3. The monoisotopic (exact) mass is 275 g/mol. The number of carbonyl (C=O) groups excluding carboxylic acids is 2. The van der Waals surface area contributed by atoms with Crippen molar-refractivity contribution in [2.75, 3.05) is 11.5 Å². The molecule has 3 nitrogen and oxygen atoms in total. The Morgan fingerprint density at radius 2 is 1.74 bits per heavy atom. The smallest absolute Gasteiger partial charge is 0.149 e. The maximum atomic E-state index is 10.3. The first-order valence-electron chi connectivity index (χ1n) is 5.90. The third-order valence-corrected chi connectivity index (χ3v) is 2.80. The van der Waals surface area contributed by atoms with Crippen LogP contribution in [0.15, 0.2) is 42.5 Å². The zero-order chi connectivity index (χ0) is 14.3. The molecule has 0 radical (unpaired) electrons. The molecule has 0 spiro atoms. The van der Waals surface area contributed by atoms with Crippen molar-refractivity contribution in [1.82, 2.24) is 0 Å². The Bertz CT molecular complexity index is 576. The van der Waals surface area contributed by atoms with E-state index < -0.39 is 0 Å². The van der Waals surface area contributed by atoms with Crippen LogP contribution in [-0.2, 0) is 9.59 Å². The van der Waals surface area contributed by atoms with Crippen LogP contribution in [0, 0.1) is 0 Å². The zero-order valence-electron chi connectivity index (χ0n) is 10.8. The Hall–Kier alpha value is -1.81. The number of hydrogen-bond acceptors (Lipinski definition) is 4. The van der Waals surface area contributed by atoms with Crippen molar-refractivity contribution >= 4 is 40.7 Å². The van der Waals surface area contributed by atoms with Crippen molar-refractivity contribution in [3.8, 4) is 0 Å². The van der Waals surface area contributed by atoms with E-state index >= 15 is 0 Å². The van der Waals surface area contributed by atoms with Crippen molar-refractivity contribution in [3.63, 3.8) is 0 Å². The van der Waals surface area contributed by atoms with Gasteiger partial charge in [0, 0.05) is 16.8 Å². The molecular weight excluding hydrogens is 258 g/mol. The van der Waals surface area contributed by atoms with E-state index in [1.165, 1.54) is 12.3 Å². The van der Waals surface area contributed by atoms with Gasteiger partial charge >= 0.3 is 0 Å². The molecule has 0 saturated carbocycles. The van der Waals surface area contributed by atoms with Gasteiger partial charge in [-0.1, -0.05) is 36.4 Å². The molecule has 0 amide bonds. The van der Waals surface area contributed by atoms with Gasteiger partial charge in [0.1, 0.15) is 11.6 Å². The van der Waals surface area contributed by atoms with Gasteiger partial charge in [0.05, 0.1) is 6.42 Å². The highest BCUT2D eigenvalue weighted by Gasteiger charge is 2.00. The van der Waals surface area contributed by atoms with E-state index in [0.29, 0.717) is 0 Å². The van der Waals surface area contributed by atoms with E-state index in [2.05, 4.69) is 24.8 Å². The van der Waals surface area contributed by atoms with E-state index in [1.54, 1.807) is 0 Å². The number of hydrogen-bond donors (Lipinski definition) is 2. The molecule has 0 aliphatic heterocycles. The lowest BCUT2D eigenvalue weighted by Gasteiger charge is -1.98. The minimum absolute atomic E-state index is 0.0312. The molecule has 0 aliphatic rings. The average Bonchev–Trinajstić information content (AvgIpc) is 2.39. The van der Waals surface area contributed by atoms with Crippen LogP contribution in [0.5, 0.6) is 0 Å². The van der Waals surface area contributed by atoms with Crippen molar-refractivity contribution in [2.24, 2.45) is 0 Å². The summed E-state index contributed by atoms with van der Waals surface area (Å²) in [6.45, 7) is 1.39. The summed E-state index contributed by atoms with van der Waals surface area (Å²) in [6, 6.07) is 14.1. The van der Waals surface area contributed by atoms with Crippen molar-refractivity contribution in [3.05, 3.63) is 42.5 Å². The molecule has 2 aromatic carbocycles. The SMILES string of the molecule is CC(=O)CC(=O)CS.Nc1cccc2ccccc12. The maximum Gasteiger partial charge on any atom is 0.149 e.